The Bertz CT molecular complexity index is 500. The van der Waals surface area contributed by atoms with Gasteiger partial charge in [0.05, 0.1) is 27.2 Å². The number of benzene rings is 1. The number of rotatable bonds is 7. The van der Waals surface area contributed by atoms with Crippen LogP contribution in [0.1, 0.15) is 19.4 Å². The van der Waals surface area contributed by atoms with Crippen molar-refractivity contribution >= 4 is 11.8 Å². The molecule has 116 valence electrons. The predicted octanol–water partition coefficient (Wildman–Crippen LogP) is 0.887. The molecule has 6 nitrogen and oxygen atoms in total. The number of amides is 2. The molecular weight excluding hydrogens is 272 g/mol. The number of hydrogen-bond acceptors (Lipinski definition) is 4. The summed E-state index contributed by atoms with van der Waals surface area (Å²) >= 11 is 0. The normalized spacial score (nSPS) is 10.1. The monoisotopic (exact) mass is 294 g/mol. The summed E-state index contributed by atoms with van der Waals surface area (Å²) in [6, 6.07) is 5.30. The predicted molar refractivity (Wildman–Crippen MR) is 79.5 cm³/mol. The van der Waals surface area contributed by atoms with Crippen LogP contribution < -0.4 is 20.1 Å². The molecule has 1 aromatic rings. The van der Waals surface area contributed by atoms with E-state index in [-0.39, 0.29) is 30.8 Å². The lowest BCUT2D eigenvalue weighted by Gasteiger charge is -2.11. The molecule has 0 aromatic heterocycles. The SMILES string of the molecule is COc1ccc(CC(=O)NCC(=O)NC(C)C)c(OC)c1. The first-order valence-electron chi connectivity index (χ1n) is 6.73. The zero-order chi connectivity index (χ0) is 15.8. The highest BCUT2D eigenvalue weighted by Gasteiger charge is 2.11. The Balaban J connectivity index is 2.56. The molecular formula is C15H22N2O4. The summed E-state index contributed by atoms with van der Waals surface area (Å²) in [6.07, 6.45) is 0.141. The number of carbonyl (C=O) groups is 2. The summed E-state index contributed by atoms with van der Waals surface area (Å²) in [4.78, 5) is 23.3. The van der Waals surface area contributed by atoms with Gasteiger partial charge < -0.3 is 20.1 Å². The Morgan fingerprint density at radius 3 is 2.43 bits per heavy atom. The van der Waals surface area contributed by atoms with Crippen LogP contribution in [0.5, 0.6) is 11.5 Å². The molecule has 0 aliphatic rings. The minimum absolute atomic E-state index is 0.0323. The van der Waals surface area contributed by atoms with Crippen molar-refractivity contribution in [2.45, 2.75) is 26.3 Å². The molecule has 0 saturated carbocycles. The highest BCUT2D eigenvalue weighted by molar-refractivity contribution is 5.86. The van der Waals surface area contributed by atoms with Crippen LogP contribution in [0.15, 0.2) is 18.2 Å². The van der Waals surface area contributed by atoms with E-state index in [2.05, 4.69) is 10.6 Å². The van der Waals surface area contributed by atoms with Gasteiger partial charge in [-0.05, 0) is 19.9 Å². The van der Waals surface area contributed by atoms with E-state index >= 15 is 0 Å². The fraction of sp³-hybridized carbons (Fsp3) is 0.467. The molecule has 1 rings (SSSR count). The smallest absolute Gasteiger partial charge is 0.239 e. The molecule has 1 aromatic carbocycles. The standard InChI is InChI=1S/C15H22N2O4/c1-10(2)17-15(19)9-16-14(18)7-11-5-6-12(20-3)8-13(11)21-4/h5-6,8,10H,7,9H2,1-4H3,(H,16,18)(H,17,19). The Morgan fingerprint density at radius 2 is 1.86 bits per heavy atom. The van der Waals surface area contributed by atoms with Gasteiger partial charge in [-0.1, -0.05) is 6.07 Å². The van der Waals surface area contributed by atoms with Gasteiger partial charge in [0.1, 0.15) is 11.5 Å². The number of carbonyl (C=O) groups excluding carboxylic acids is 2. The van der Waals surface area contributed by atoms with Gasteiger partial charge in [-0.15, -0.1) is 0 Å². The Morgan fingerprint density at radius 1 is 1.14 bits per heavy atom. The lowest BCUT2D eigenvalue weighted by molar-refractivity contribution is -0.126. The largest absolute Gasteiger partial charge is 0.497 e. The van der Waals surface area contributed by atoms with E-state index in [4.69, 9.17) is 9.47 Å². The summed E-state index contributed by atoms with van der Waals surface area (Å²) in [5.41, 5.74) is 0.736. The van der Waals surface area contributed by atoms with E-state index in [1.165, 1.54) is 7.11 Å². The van der Waals surface area contributed by atoms with Crippen LogP contribution in [0.2, 0.25) is 0 Å². The molecule has 2 N–H and O–H groups in total. The second kappa shape index (κ2) is 8.14. The van der Waals surface area contributed by atoms with Gasteiger partial charge in [0.25, 0.3) is 0 Å². The minimum atomic E-state index is -0.239. The van der Waals surface area contributed by atoms with Crippen LogP contribution in [0, 0.1) is 0 Å². The number of nitrogens with one attached hydrogen (secondary N) is 2. The van der Waals surface area contributed by atoms with Crippen molar-refractivity contribution in [3.63, 3.8) is 0 Å². The van der Waals surface area contributed by atoms with Gasteiger partial charge >= 0.3 is 0 Å². The quantitative estimate of drug-likeness (QED) is 0.783. The van der Waals surface area contributed by atoms with Gasteiger partial charge in [-0.25, -0.2) is 0 Å². The van der Waals surface area contributed by atoms with Crippen molar-refractivity contribution in [3.05, 3.63) is 23.8 Å². The summed E-state index contributed by atoms with van der Waals surface area (Å²) in [5.74, 6) is 0.792. The number of ether oxygens (including phenoxy) is 2. The lowest BCUT2D eigenvalue weighted by Crippen LogP contribution is -2.40. The first-order valence-corrected chi connectivity index (χ1v) is 6.73. The lowest BCUT2D eigenvalue weighted by atomic mass is 10.1. The van der Waals surface area contributed by atoms with Crippen molar-refractivity contribution in [3.8, 4) is 11.5 Å². The first-order chi connectivity index (χ1) is 9.96. The van der Waals surface area contributed by atoms with Gasteiger partial charge in [0, 0.05) is 17.7 Å². The molecule has 0 saturated heterocycles. The minimum Gasteiger partial charge on any atom is -0.497 e. The van der Waals surface area contributed by atoms with Gasteiger partial charge in [0.15, 0.2) is 0 Å². The first kappa shape index (κ1) is 16.8. The second-order valence-corrected chi connectivity index (χ2v) is 4.85. The van der Waals surface area contributed by atoms with Gasteiger partial charge in [-0.2, -0.15) is 0 Å². The summed E-state index contributed by atoms with van der Waals surface area (Å²) < 4.78 is 10.3. The molecule has 0 fully saturated rings. The third-order valence-corrected chi connectivity index (χ3v) is 2.74. The Labute approximate surface area is 124 Å². The molecule has 2 amide bonds. The zero-order valence-corrected chi connectivity index (χ0v) is 12.9. The zero-order valence-electron chi connectivity index (χ0n) is 12.9. The highest BCUT2D eigenvalue weighted by atomic mass is 16.5. The van der Waals surface area contributed by atoms with Crippen molar-refractivity contribution < 1.29 is 19.1 Å². The van der Waals surface area contributed by atoms with Gasteiger partial charge in [-0.3, -0.25) is 9.59 Å². The Hall–Kier alpha value is -2.24. The maximum atomic E-state index is 11.8. The third kappa shape index (κ3) is 5.72. The molecule has 21 heavy (non-hydrogen) atoms. The fourth-order valence-corrected chi connectivity index (χ4v) is 1.79. The maximum Gasteiger partial charge on any atom is 0.239 e. The third-order valence-electron chi connectivity index (χ3n) is 2.74. The molecule has 0 radical (unpaired) electrons. The fourth-order valence-electron chi connectivity index (χ4n) is 1.79. The van der Waals surface area contributed by atoms with E-state index in [0.717, 1.165) is 5.56 Å². The van der Waals surface area contributed by atoms with E-state index in [0.29, 0.717) is 11.5 Å². The number of hydrogen-bond donors (Lipinski definition) is 2. The van der Waals surface area contributed by atoms with E-state index < -0.39 is 0 Å². The average molecular weight is 294 g/mol. The van der Waals surface area contributed by atoms with Crippen LogP contribution in [0.4, 0.5) is 0 Å². The number of methoxy groups -OCH3 is 2. The Kier molecular flexibility index (Phi) is 6.52. The van der Waals surface area contributed by atoms with E-state index in [1.54, 1.807) is 25.3 Å². The van der Waals surface area contributed by atoms with Crippen molar-refractivity contribution in [1.29, 1.82) is 0 Å². The van der Waals surface area contributed by atoms with Crippen molar-refractivity contribution in [1.82, 2.24) is 10.6 Å². The molecule has 0 aliphatic heterocycles. The molecule has 0 aliphatic carbocycles. The topological polar surface area (TPSA) is 76.7 Å². The van der Waals surface area contributed by atoms with Crippen LogP contribution in [0.3, 0.4) is 0 Å². The maximum absolute atomic E-state index is 11.8. The van der Waals surface area contributed by atoms with Crippen LogP contribution in [0.25, 0.3) is 0 Å². The summed E-state index contributed by atoms with van der Waals surface area (Å²) in [7, 11) is 3.10. The molecule has 6 heteroatoms. The second-order valence-electron chi connectivity index (χ2n) is 4.85. The molecule has 0 heterocycles. The van der Waals surface area contributed by atoms with Crippen molar-refractivity contribution in [2.75, 3.05) is 20.8 Å². The molecule has 0 bridgehead atoms. The summed E-state index contributed by atoms with van der Waals surface area (Å²) in [5, 5.41) is 5.28. The van der Waals surface area contributed by atoms with Crippen LogP contribution >= 0.6 is 0 Å². The summed E-state index contributed by atoms with van der Waals surface area (Å²) in [6.45, 7) is 3.69. The van der Waals surface area contributed by atoms with Gasteiger partial charge in [0.2, 0.25) is 11.8 Å². The molecule has 0 atom stereocenters. The van der Waals surface area contributed by atoms with Crippen LogP contribution in [-0.4, -0.2) is 38.6 Å². The molecule has 0 unspecified atom stereocenters. The average Bonchev–Trinajstić information content (AvgIpc) is 2.45. The highest BCUT2D eigenvalue weighted by Crippen LogP contribution is 2.24. The van der Waals surface area contributed by atoms with E-state index in [1.807, 2.05) is 13.8 Å². The molecule has 0 spiro atoms. The van der Waals surface area contributed by atoms with Crippen LogP contribution in [-0.2, 0) is 16.0 Å². The van der Waals surface area contributed by atoms with Crippen molar-refractivity contribution in [2.24, 2.45) is 0 Å². The van der Waals surface area contributed by atoms with E-state index in [9.17, 15) is 9.59 Å².